The smallest absolute Gasteiger partial charge is 0.310 e. The maximum Gasteiger partial charge on any atom is 0.310 e. The van der Waals surface area contributed by atoms with Gasteiger partial charge in [-0.05, 0) is 39.0 Å². The molecule has 1 aliphatic carbocycles. The fraction of sp³-hybridized carbons (Fsp3) is 0.875. The summed E-state index contributed by atoms with van der Waals surface area (Å²) in [6.45, 7) is 8.29. The summed E-state index contributed by atoms with van der Waals surface area (Å²) in [4.78, 5) is 24.2. The normalized spacial score (nSPS) is 22.9. The molecule has 4 heteroatoms. The highest BCUT2D eigenvalue weighted by Crippen LogP contribution is 2.32. The fourth-order valence-corrected chi connectivity index (χ4v) is 2.52. The van der Waals surface area contributed by atoms with Crippen LogP contribution >= 0.6 is 0 Å². The van der Waals surface area contributed by atoms with Crippen LogP contribution in [0.2, 0.25) is 0 Å². The third kappa shape index (κ3) is 5.51. The van der Waals surface area contributed by atoms with Gasteiger partial charge in [0.15, 0.2) is 0 Å². The zero-order chi connectivity index (χ0) is 15.1. The Bertz CT molecular complexity index is 322. The zero-order valence-corrected chi connectivity index (χ0v) is 13.2. The summed E-state index contributed by atoms with van der Waals surface area (Å²) in [5, 5.41) is 0. The van der Waals surface area contributed by atoms with Crippen LogP contribution in [0.25, 0.3) is 0 Å². The average molecular weight is 284 g/mol. The van der Waals surface area contributed by atoms with E-state index in [4.69, 9.17) is 9.47 Å². The van der Waals surface area contributed by atoms with Crippen LogP contribution in [0.4, 0.5) is 0 Å². The van der Waals surface area contributed by atoms with Crippen molar-refractivity contribution in [1.29, 1.82) is 0 Å². The summed E-state index contributed by atoms with van der Waals surface area (Å²) in [6, 6.07) is 0. The molecule has 1 fully saturated rings. The first-order chi connectivity index (χ1) is 9.41. The summed E-state index contributed by atoms with van der Waals surface area (Å²) >= 11 is 0. The van der Waals surface area contributed by atoms with Gasteiger partial charge in [-0.1, -0.05) is 26.7 Å². The summed E-state index contributed by atoms with van der Waals surface area (Å²) < 4.78 is 10.6. The van der Waals surface area contributed by atoms with Gasteiger partial charge < -0.3 is 9.47 Å². The van der Waals surface area contributed by atoms with Gasteiger partial charge in [-0.3, -0.25) is 9.59 Å². The van der Waals surface area contributed by atoms with Crippen molar-refractivity contribution in [3.05, 3.63) is 0 Å². The average Bonchev–Trinajstić information content (AvgIpc) is 2.37. The van der Waals surface area contributed by atoms with Gasteiger partial charge in [0.05, 0.1) is 24.5 Å². The Balaban J connectivity index is 2.54. The highest BCUT2D eigenvalue weighted by atomic mass is 16.5. The minimum absolute atomic E-state index is 0.137. The maximum absolute atomic E-state index is 12.2. The molecule has 1 saturated carbocycles. The molecule has 0 bridgehead atoms. The first-order valence-corrected chi connectivity index (χ1v) is 7.79. The molecule has 0 N–H and O–H groups in total. The Hall–Kier alpha value is -1.06. The number of hydrogen-bond donors (Lipinski definition) is 0. The molecule has 1 aliphatic rings. The van der Waals surface area contributed by atoms with E-state index in [0.717, 1.165) is 32.1 Å². The van der Waals surface area contributed by atoms with Crippen LogP contribution in [-0.2, 0) is 19.1 Å². The highest BCUT2D eigenvalue weighted by Gasteiger charge is 2.38. The van der Waals surface area contributed by atoms with Crippen molar-refractivity contribution in [2.24, 2.45) is 17.8 Å². The Morgan fingerprint density at radius 3 is 2.05 bits per heavy atom. The van der Waals surface area contributed by atoms with Crippen LogP contribution in [0.1, 0.15) is 59.8 Å². The van der Waals surface area contributed by atoms with Gasteiger partial charge >= 0.3 is 11.9 Å². The van der Waals surface area contributed by atoms with Gasteiger partial charge in [-0.15, -0.1) is 0 Å². The Labute approximate surface area is 122 Å². The molecule has 0 aromatic rings. The van der Waals surface area contributed by atoms with E-state index < -0.39 is 0 Å². The molecule has 4 nitrogen and oxygen atoms in total. The van der Waals surface area contributed by atoms with E-state index >= 15 is 0 Å². The molecule has 2 unspecified atom stereocenters. The zero-order valence-electron chi connectivity index (χ0n) is 13.2. The third-order valence-electron chi connectivity index (χ3n) is 3.66. The van der Waals surface area contributed by atoms with Gasteiger partial charge in [-0.2, -0.15) is 0 Å². The molecule has 0 aromatic heterocycles. The highest BCUT2D eigenvalue weighted by molar-refractivity contribution is 5.82. The lowest BCUT2D eigenvalue weighted by Gasteiger charge is -2.29. The molecule has 116 valence electrons. The minimum atomic E-state index is -0.322. The van der Waals surface area contributed by atoms with Crippen LogP contribution < -0.4 is 0 Å². The number of hydrogen-bond acceptors (Lipinski definition) is 4. The predicted octanol–water partition coefficient (Wildman–Crippen LogP) is 3.33. The molecule has 0 saturated heterocycles. The van der Waals surface area contributed by atoms with Gasteiger partial charge in [-0.25, -0.2) is 0 Å². The van der Waals surface area contributed by atoms with Crippen LogP contribution in [-0.4, -0.2) is 24.6 Å². The lowest BCUT2D eigenvalue weighted by Crippen LogP contribution is -2.36. The van der Waals surface area contributed by atoms with Crippen molar-refractivity contribution in [3.8, 4) is 0 Å². The molecule has 1 rings (SSSR count). The van der Waals surface area contributed by atoms with Crippen LogP contribution in [0.5, 0.6) is 0 Å². The molecule has 2 atom stereocenters. The summed E-state index contributed by atoms with van der Waals surface area (Å²) in [6.07, 6.45) is 4.15. The number of rotatable bonds is 6. The minimum Gasteiger partial charge on any atom is -0.465 e. The second-order valence-corrected chi connectivity index (χ2v) is 6.33. The maximum atomic E-state index is 12.2. The predicted molar refractivity (Wildman–Crippen MR) is 77.1 cm³/mol. The van der Waals surface area contributed by atoms with Gasteiger partial charge in [0.25, 0.3) is 0 Å². The largest absolute Gasteiger partial charge is 0.465 e. The third-order valence-corrected chi connectivity index (χ3v) is 3.66. The molecule has 0 heterocycles. The number of carbonyl (C=O) groups excluding carboxylic acids is 2. The van der Waals surface area contributed by atoms with E-state index in [-0.39, 0.29) is 29.9 Å². The van der Waals surface area contributed by atoms with Gasteiger partial charge in [0.1, 0.15) is 0 Å². The van der Waals surface area contributed by atoms with Crippen molar-refractivity contribution in [1.82, 2.24) is 0 Å². The molecule has 0 spiro atoms. The van der Waals surface area contributed by atoms with Crippen molar-refractivity contribution in [2.75, 3.05) is 6.61 Å². The van der Waals surface area contributed by atoms with Crippen molar-refractivity contribution < 1.29 is 19.1 Å². The Morgan fingerprint density at radius 1 is 1.00 bits per heavy atom. The molecular formula is C16H28O4. The van der Waals surface area contributed by atoms with Gasteiger partial charge in [0.2, 0.25) is 0 Å². The molecule has 0 radical (unpaired) electrons. The number of esters is 2. The fourth-order valence-electron chi connectivity index (χ4n) is 2.52. The topological polar surface area (TPSA) is 52.6 Å². The second kappa shape index (κ2) is 8.28. The monoisotopic (exact) mass is 284 g/mol. The van der Waals surface area contributed by atoms with E-state index in [9.17, 15) is 9.59 Å². The Morgan fingerprint density at radius 2 is 1.55 bits per heavy atom. The molecule has 0 aliphatic heterocycles. The SMILES string of the molecule is CC(C)CCOC(=O)C1CCCCC1C(=O)OC(C)C. The van der Waals surface area contributed by atoms with Crippen molar-refractivity contribution >= 4 is 11.9 Å². The lowest BCUT2D eigenvalue weighted by atomic mass is 9.79. The van der Waals surface area contributed by atoms with Crippen molar-refractivity contribution in [3.63, 3.8) is 0 Å². The van der Waals surface area contributed by atoms with E-state index in [0.29, 0.717) is 12.5 Å². The number of ether oxygens (including phenoxy) is 2. The van der Waals surface area contributed by atoms with Crippen LogP contribution in [0.3, 0.4) is 0 Å². The van der Waals surface area contributed by atoms with Gasteiger partial charge in [0, 0.05) is 0 Å². The summed E-state index contributed by atoms with van der Waals surface area (Å²) in [5.74, 6) is -0.600. The van der Waals surface area contributed by atoms with E-state index in [2.05, 4.69) is 13.8 Å². The number of carbonyl (C=O) groups is 2. The van der Waals surface area contributed by atoms with E-state index in [1.54, 1.807) is 0 Å². The van der Waals surface area contributed by atoms with Crippen LogP contribution in [0, 0.1) is 17.8 Å². The first-order valence-electron chi connectivity index (χ1n) is 7.79. The van der Waals surface area contributed by atoms with E-state index in [1.165, 1.54) is 0 Å². The lowest BCUT2D eigenvalue weighted by molar-refractivity contribution is -0.165. The molecule has 0 aromatic carbocycles. The van der Waals surface area contributed by atoms with Crippen molar-refractivity contribution in [2.45, 2.75) is 65.9 Å². The van der Waals surface area contributed by atoms with E-state index in [1.807, 2.05) is 13.8 Å². The molecule has 0 amide bonds. The summed E-state index contributed by atoms with van der Waals surface area (Å²) in [7, 11) is 0. The standard InChI is InChI=1S/C16H28O4/c1-11(2)9-10-19-15(17)13-7-5-6-8-14(13)16(18)20-12(3)4/h11-14H,5-10H2,1-4H3. The summed E-state index contributed by atoms with van der Waals surface area (Å²) in [5.41, 5.74) is 0. The molecular weight excluding hydrogens is 256 g/mol. The second-order valence-electron chi connectivity index (χ2n) is 6.33. The Kier molecular flexibility index (Phi) is 7.03. The van der Waals surface area contributed by atoms with Crippen LogP contribution in [0.15, 0.2) is 0 Å². The molecule has 20 heavy (non-hydrogen) atoms. The quantitative estimate of drug-likeness (QED) is 0.702. The first kappa shape index (κ1) is 17.0.